The average Bonchev–Trinajstić information content (AvgIpc) is 2.67. The molecule has 0 bridgehead atoms. The number of anilines is 3. The number of aryl methyl sites for hydroxylation is 1. The van der Waals surface area contributed by atoms with Gasteiger partial charge in [0.1, 0.15) is 0 Å². The molecule has 2 aromatic heterocycles. The van der Waals surface area contributed by atoms with E-state index in [4.69, 9.17) is 10.8 Å². The van der Waals surface area contributed by atoms with Crippen LogP contribution in [0.3, 0.4) is 0 Å². The van der Waals surface area contributed by atoms with Crippen molar-refractivity contribution >= 4 is 33.9 Å². The molecule has 0 amide bonds. The molecule has 0 aliphatic carbocycles. The Morgan fingerprint density at radius 3 is 2.76 bits per heavy atom. The minimum Gasteiger partial charge on any atom is -0.478 e. The zero-order valence-electron chi connectivity index (χ0n) is 8.97. The maximum absolute atomic E-state index is 10.7. The molecule has 0 aromatic carbocycles. The van der Waals surface area contributed by atoms with Crippen molar-refractivity contribution in [2.45, 2.75) is 6.92 Å². The summed E-state index contributed by atoms with van der Waals surface area (Å²) in [5, 5.41) is 12.4. The molecule has 0 aliphatic heterocycles. The average molecular weight is 250 g/mol. The summed E-state index contributed by atoms with van der Waals surface area (Å²) in [6.45, 7) is 1.94. The Morgan fingerprint density at radius 1 is 1.47 bits per heavy atom. The molecule has 2 heterocycles. The summed E-state index contributed by atoms with van der Waals surface area (Å²) in [4.78, 5) is 19.8. The van der Waals surface area contributed by atoms with Gasteiger partial charge in [-0.15, -0.1) is 11.3 Å². The summed E-state index contributed by atoms with van der Waals surface area (Å²) in [7, 11) is 0. The maximum Gasteiger partial charge on any atom is 0.337 e. The van der Waals surface area contributed by atoms with E-state index in [9.17, 15) is 4.79 Å². The number of aromatic carboxylic acids is 1. The van der Waals surface area contributed by atoms with Gasteiger partial charge in [-0.05, 0) is 13.0 Å². The molecule has 0 radical (unpaired) electrons. The Kier molecular flexibility index (Phi) is 2.92. The highest BCUT2D eigenvalue weighted by Crippen LogP contribution is 2.24. The van der Waals surface area contributed by atoms with Gasteiger partial charge in [-0.1, -0.05) is 0 Å². The van der Waals surface area contributed by atoms with Gasteiger partial charge in [0.2, 0.25) is 0 Å². The molecule has 4 N–H and O–H groups in total. The lowest BCUT2D eigenvalue weighted by atomic mass is 10.2. The molecule has 2 rings (SSSR count). The van der Waals surface area contributed by atoms with Gasteiger partial charge in [0.15, 0.2) is 10.9 Å². The van der Waals surface area contributed by atoms with Crippen molar-refractivity contribution in [1.29, 1.82) is 0 Å². The maximum atomic E-state index is 10.7. The van der Waals surface area contributed by atoms with Crippen LogP contribution >= 0.6 is 11.3 Å². The smallest absolute Gasteiger partial charge is 0.337 e. The van der Waals surface area contributed by atoms with Gasteiger partial charge >= 0.3 is 5.97 Å². The van der Waals surface area contributed by atoms with Gasteiger partial charge in [0.05, 0.1) is 11.3 Å². The number of aromatic nitrogens is 2. The van der Waals surface area contributed by atoms with E-state index in [-0.39, 0.29) is 11.3 Å². The van der Waals surface area contributed by atoms with Crippen LogP contribution in [-0.4, -0.2) is 21.0 Å². The third-order valence-corrected chi connectivity index (χ3v) is 2.84. The summed E-state index contributed by atoms with van der Waals surface area (Å²) < 4.78 is 0. The number of hydrogen-bond donors (Lipinski definition) is 3. The first-order valence-electron chi connectivity index (χ1n) is 4.74. The van der Waals surface area contributed by atoms with E-state index >= 15 is 0 Å². The third-order valence-electron chi connectivity index (χ3n) is 2.01. The topological polar surface area (TPSA) is 101 Å². The molecular weight excluding hydrogens is 240 g/mol. The van der Waals surface area contributed by atoms with E-state index in [2.05, 4.69) is 15.3 Å². The van der Waals surface area contributed by atoms with Crippen molar-refractivity contribution in [3.63, 3.8) is 0 Å². The van der Waals surface area contributed by atoms with Gasteiger partial charge in [0, 0.05) is 17.3 Å². The fraction of sp³-hybridized carbons (Fsp3) is 0.100. The second kappa shape index (κ2) is 4.38. The van der Waals surface area contributed by atoms with E-state index in [1.165, 1.54) is 23.6 Å². The van der Waals surface area contributed by atoms with Crippen LogP contribution in [0.5, 0.6) is 0 Å². The number of nitrogens with zero attached hydrogens (tertiary/aromatic N) is 2. The molecule has 88 valence electrons. The van der Waals surface area contributed by atoms with Crippen LogP contribution in [0.4, 0.5) is 16.6 Å². The lowest BCUT2D eigenvalue weighted by Crippen LogP contribution is -2.03. The van der Waals surface area contributed by atoms with Crippen molar-refractivity contribution in [3.05, 3.63) is 28.9 Å². The Morgan fingerprint density at radius 2 is 2.24 bits per heavy atom. The number of carbonyl (C=O) groups is 1. The van der Waals surface area contributed by atoms with Crippen LogP contribution in [0.25, 0.3) is 0 Å². The number of nitrogens with two attached hydrogens (primary N) is 1. The molecule has 17 heavy (non-hydrogen) atoms. The van der Waals surface area contributed by atoms with Crippen molar-refractivity contribution in [1.82, 2.24) is 9.97 Å². The molecular formula is C10H10N4O2S. The Balaban J connectivity index is 2.25. The van der Waals surface area contributed by atoms with Crippen LogP contribution in [0.2, 0.25) is 0 Å². The monoisotopic (exact) mass is 250 g/mol. The molecule has 0 atom stereocenters. The summed E-state index contributed by atoms with van der Waals surface area (Å²) in [5.74, 6) is -0.648. The number of rotatable bonds is 3. The second-order valence-electron chi connectivity index (χ2n) is 3.37. The number of carboxylic acid groups (broad SMARTS) is 1. The first-order chi connectivity index (χ1) is 8.06. The summed E-state index contributed by atoms with van der Waals surface area (Å²) in [6.07, 6.45) is 2.98. The van der Waals surface area contributed by atoms with E-state index in [0.717, 1.165) is 4.88 Å². The number of carboxylic acids is 1. The number of nitrogens with one attached hydrogen (secondary N) is 1. The van der Waals surface area contributed by atoms with E-state index in [1.54, 1.807) is 6.20 Å². The third kappa shape index (κ3) is 2.51. The van der Waals surface area contributed by atoms with Crippen LogP contribution in [0, 0.1) is 6.92 Å². The number of hydrogen-bond acceptors (Lipinski definition) is 6. The Hall–Kier alpha value is -2.15. The molecule has 6 nitrogen and oxygen atoms in total. The quantitative estimate of drug-likeness (QED) is 0.768. The fourth-order valence-electron chi connectivity index (χ4n) is 1.22. The summed E-state index contributed by atoms with van der Waals surface area (Å²) in [6, 6.07) is 1.36. The lowest BCUT2D eigenvalue weighted by Gasteiger charge is -2.05. The van der Waals surface area contributed by atoms with Gasteiger partial charge in [0.25, 0.3) is 0 Å². The summed E-state index contributed by atoms with van der Waals surface area (Å²) >= 11 is 1.47. The van der Waals surface area contributed by atoms with Crippen LogP contribution in [0.1, 0.15) is 15.2 Å². The molecule has 0 spiro atoms. The van der Waals surface area contributed by atoms with E-state index < -0.39 is 5.97 Å². The largest absolute Gasteiger partial charge is 0.478 e. The van der Waals surface area contributed by atoms with Gasteiger partial charge in [-0.2, -0.15) is 0 Å². The SMILES string of the molecule is Cc1cnc(Nc2ncc(C(=O)O)cc2N)s1. The van der Waals surface area contributed by atoms with Crippen LogP contribution in [-0.2, 0) is 0 Å². The molecule has 0 fully saturated rings. The van der Waals surface area contributed by atoms with Crippen LogP contribution in [0.15, 0.2) is 18.5 Å². The minimum atomic E-state index is -1.05. The molecule has 0 saturated carbocycles. The lowest BCUT2D eigenvalue weighted by molar-refractivity contribution is 0.0696. The fourth-order valence-corrected chi connectivity index (χ4v) is 1.88. The Bertz CT molecular complexity index is 567. The number of pyridine rings is 1. The predicted molar refractivity (Wildman–Crippen MR) is 65.7 cm³/mol. The molecule has 7 heteroatoms. The van der Waals surface area contributed by atoms with Gasteiger partial charge in [-0.25, -0.2) is 14.8 Å². The standard InChI is InChI=1S/C10H10N4O2S/c1-5-3-13-10(17-5)14-8-7(11)2-6(4-12-8)9(15)16/h2-4H,11H2,1H3,(H,15,16)(H,12,13,14). The van der Waals surface area contributed by atoms with Crippen LogP contribution < -0.4 is 11.1 Å². The van der Waals surface area contributed by atoms with Gasteiger partial charge in [-0.3, -0.25) is 0 Å². The molecule has 0 aliphatic rings. The highest BCUT2D eigenvalue weighted by atomic mass is 32.1. The van der Waals surface area contributed by atoms with Crippen molar-refractivity contribution in [2.75, 3.05) is 11.1 Å². The van der Waals surface area contributed by atoms with Crippen molar-refractivity contribution < 1.29 is 9.90 Å². The molecule has 2 aromatic rings. The van der Waals surface area contributed by atoms with E-state index in [1.807, 2.05) is 6.92 Å². The van der Waals surface area contributed by atoms with E-state index in [0.29, 0.717) is 10.9 Å². The zero-order valence-corrected chi connectivity index (χ0v) is 9.78. The second-order valence-corrected chi connectivity index (χ2v) is 4.60. The first kappa shape index (κ1) is 11.3. The van der Waals surface area contributed by atoms with Crippen molar-refractivity contribution in [2.24, 2.45) is 0 Å². The molecule has 0 unspecified atom stereocenters. The Labute approximate surface area is 101 Å². The highest BCUT2D eigenvalue weighted by molar-refractivity contribution is 7.15. The normalized spacial score (nSPS) is 10.2. The predicted octanol–water partition coefficient (Wildman–Crippen LogP) is 1.87. The van der Waals surface area contributed by atoms with Crippen molar-refractivity contribution in [3.8, 4) is 0 Å². The number of thiazole rings is 1. The number of nitrogen functional groups attached to an aromatic ring is 1. The summed E-state index contributed by atoms with van der Waals surface area (Å²) in [5.41, 5.74) is 6.04. The first-order valence-corrected chi connectivity index (χ1v) is 5.56. The molecule has 0 saturated heterocycles. The van der Waals surface area contributed by atoms with Gasteiger partial charge < -0.3 is 16.2 Å². The highest BCUT2D eigenvalue weighted by Gasteiger charge is 2.08. The zero-order chi connectivity index (χ0) is 12.4. The minimum absolute atomic E-state index is 0.0587.